The molecule has 0 aliphatic heterocycles. The van der Waals surface area contributed by atoms with Crippen molar-refractivity contribution in [1.29, 1.82) is 0 Å². The van der Waals surface area contributed by atoms with E-state index in [-0.39, 0.29) is 17.9 Å². The molecule has 0 heterocycles. The van der Waals surface area contributed by atoms with Crippen molar-refractivity contribution in [3.8, 4) is 0 Å². The third-order valence-corrected chi connectivity index (χ3v) is 2.77. The second-order valence-corrected chi connectivity index (χ2v) is 4.37. The number of anilines is 1. The van der Waals surface area contributed by atoms with Crippen LogP contribution in [0.5, 0.6) is 0 Å². The molecule has 0 spiro atoms. The van der Waals surface area contributed by atoms with Crippen molar-refractivity contribution in [3.63, 3.8) is 0 Å². The summed E-state index contributed by atoms with van der Waals surface area (Å²) in [5.41, 5.74) is 6.58. The largest absolute Gasteiger partial charge is 0.457 e. The van der Waals surface area contributed by atoms with E-state index in [1.54, 1.807) is 24.3 Å². The van der Waals surface area contributed by atoms with E-state index < -0.39 is 11.8 Å². The van der Waals surface area contributed by atoms with Crippen LogP contribution in [-0.2, 0) is 11.3 Å². The van der Waals surface area contributed by atoms with Gasteiger partial charge in [-0.05, 0) is 35.9 Å². The maximum absolute atomic E-state index is 13.0. The molecule has 5 heteroatoms. The first-order valence-electron chi connectivity index (χ1n) is 5.53. The van der Waals surface area contributed by atoms with Crippen LogP contribution in [0.1, 0.15) is 15.9 Å². The Morgan fingerprint density at radius 1 is 1.21 bits per heavy atom. The quantitative estimate of drug-likeness (QED) is 0.692. The average molecular weight is 280 g/mol. The fourth-order valence-corrected chi connectivity index (χ4v) is 1.64. The van der Waals surface area contributed by atoms with Gasteiger partial charge in [0.15, 0.2) is 0 Å². The SMILES string of the molecule is Nc1ccc(F)cc1C(=O)OCc1ccc(Cl)cc1. The molecule has 0 aromatic heterocycles. The number of esters is 1. The van der Waals surface area contributed by atoms with Gasteiger partial charge in [-0.3, -0.25) is 0 Å². The summed E-state index contributed by atoms with van der Waals surface area (Å²) in [6.45, 7) is 0.0754. The summed E-state index contributed by atoms with van der Waals surface area (Å²) >= 11 is 5.74. The van der Waals surface area contributed by atoms with Gasteiger partial charge in [0.1, 0.15) is 12.4 Å². The lowest BCUT2D eigenvalue weighted by molar-refractivity contribution is 0.0473. The standard InChI is InChI=1S/C14H11ClFNO2/c15-10-3-1-9(2-4-10)8-19-14(18)12-7-11(16)5-6-13(12)17/h1-7H,8,17H2. The minimum absolute atomic E-state index is 0.0222. The summed E-state index contributed by atoms with van der Waals surface area (Å²) in [7, 11) is 0. The summed E-state index contributed by atoms with van der Waals surface area (Å²) in [5.74, 6) is -1.19. The molecule has 2 N–H and O–H groups in total. The van der Waals surface area contributed by atoms with Gasteiger partial charge in [-0.1, -0.05) is 23.7 Å². The van der Waals surface area contributed by atoms with E-state index in [1.807, 2.05) is 0 Å². The number of carbonyl (C=O) groups excluding carboxylic acids is 1. The van der Waals surface area contributed by atoms with Crippen LogP contribution < -0.4 is 5.73 Å². The molecule has 0 saturated carbocycles. The Hall–Kier alpha value is -2.07. The number of nitrogen functional groups attached to an aromatic ring is 1. The van der Waals surface area contributed by atoms with Crippen LogP contribution in [0, 0.1) is 5.82 Å². The first-order chi connectivity index (χ1) is 9.06. The third kappa shape index (κ3) is 3.45. The summed E-state index contributed by atoms with van der Waals surface area (Å²) in [6.07, 6.45) is 0. The first kappa shape index (κ1) is 13.4. The molecule has 0 aliphatic carbocycles. The number of rotatable bonds is 3. The topological polar surface area (TPSA) is 52.3 Å². The lowest BCUT2D eigenvalue weighted by atomic mass is 10.2. The molecule has 3 nitrogen and oxygen atoms in total. The molecule has 0 radical (unpaired) electrons. The van der Waals surface area contributed by atoms with Crippen molar-refractivity contribution in [1.82, 2.24) is 0 Å². The Kier molecular flexibility index (Phi) is 4.02. The number of halogens is 2. The predicted molar refractivity (Wildman–Crippen MR) is 71.4 cm³/mol. The van der Waals surface area contributed by atoms with Crippen LogP contribution in [0.15, 0.2) is 42.5 Å². The van der Waals surface area contributed by atoms with E-state index in [2.05, 4.69) is 0 Å². The molecule has 2 aromatic rings. The molecule has 2 rings (SSSR count). The van der Waals surface area contributed by atoms with Gasteiger partial charge in [-0.2, -0.15) is 0 Å². The maximum atomic E-state index is 13.0. The fourth-order valence-electron chi connectivity index (χ4n) is 1.51. The average Bonchev–Trinajstić information content (AvgIpc) is 2.40. The minimum atomic E-state index is -0.660. The van der Waals surface area contributed by atoms with Gasteiger partial charge >= 0.3 is 5.97 Å². The second kappa shape index (κ2) is 5.71. The van der Waals surface area contributed by atoms with E-state index in [0.717, 1.165) is 11.6 Å². The normalized spacial score (nSPS) is 10.2. The summed E-state index contributed by atoms with van der Waals surface area (Å²) < 4.78 is 18.1. The Bertz CT molecular complexity index is 599. The van der Waals surface area contributed by atoms with Crippen LogP contribution in [0.2, 0.25) is 5.02 Å². The fraction of sp³-hybridized carbons (Fsp3) is 0.0714. The Morgan fingerprint density at radius 2 is 1.89 bits per heavy atom. The van der Waals surface area contributed by atoms with Crippen LogP contribution in [0.4, 0.5) is 10.1 Å². The van der Waals surface area contributed by atoms with Crippen molar-refractivity contribution in [2.45, 2.75) is 6.61 Å². The molecule has 0 unspecified atom stereocenters. The van der Waals surface area contributed by atoms with E-state index in [9.17, 15) is 9.18 Å². The molecular formula is C14H11ClFNO2. The van der Waals surface area contributed by atoms with Gasteiger partial charge in [0, 0.05) is 10.7 Å². The highest BCUT2D eigenvalue weighted by atomic mass is 35.5. The molecule has 0 saturated heterocycles. The van der Waals surface area contributed by atoms with Gasteiger partial charge in [0.2, 0.25) is 0 Å². The van der Waals surface area contributed by atoms with Crippen molar-refractivity contribution in [2.24, 2.45) is 0 Å². The molecule has 0 aliphatic rings. The minimum Gasteiger partial charge on any atom is -0.457 e. The zero-order valence-electron chi connectivity index (χ0n) is 9.90. The van der Waals surface area contributed by atoms with Crippen LogP contribution in [0.25, 0.3) is 0 Å². The number of hydrogen-bond donors (Lipinski definition) is 1. The molecule has 19 heavy (non-hydrogen) atoms. The van der Waals surface area contributed by atoms with E-state index in [4.69, 9.17) is 22.1 Å². The molecule has 0 amide bonds. The molecule has 0 fully saturated rings. The van der Waals surface area contributed by atoms with Gasteiger partial charge < -0.3 is 10.5 Å². The molecule has 0 bridgehead atoms. The first-order valence-corrected chi connectivity index (χ1v) is 5.90. The Balaban J connectivity index is 2.05. The van der Waals surface area contributed by atoms with Crippen LogP contribution in [-0.4, -0.2) is 5.97 Å². The van der Waals surface area contributed by atoms with Crippen LogP contribution >= 0.6 is 11.6 Å². The molecule has 0 atom stereocenters. The Labute approximate surface area is 114 Å². The van der Waals surface area contributed by atoms with Gasteiger partial charge in [-0.25, -0.2) is 9.18 Å². The molecule has 2 aromatic carbocycles. The van der Waals surface area contributed by atoms with Crippen molar-refractivity contribution in [2.75, 3.05) is 5.73 Å². The van der Waals surface area contributed by atoms with Gasteiger partial charge in [0.05, 0.1) is 5.56 Å². The van der Waals surface area contributed by atoms with E-state index in [0.29, 0.717) is 5.02 Å². The molecular weight excluding hydrogens is 269 g/mol. The van der Waals surface area contributed by atoms with Crippen LogP contribution in [0.3, 0.4) is 0 Å². The summed E-state index contributed by atoms with van der Waals surface area (Å²) in [6, 6.07) is 10.4. The summed E-state index contributed by atoms with van der Waals surface area (Å²) in [5, 5.41) is 0.601. The highest BCUT2D eigenvalue weighted by molar-refractivity contribution is 6.30. The Morgan fingerprint density at radius 3 is 2.58 bits per heavy atom. The lowest BCUT2D eigenvalue weighted by Gasteiger charge is -2.07. The number of nitrogens with two attached hydrogens (primary N) is 1. The zero-order valence-corrected chi connectivity index (χ0v) is 10.7. The lowest BCUT2D eigenvalue weighted by Crippen LogP contribution is -2.08. The van der Waals surface area contributed by atoms with E-state index in [1.165, 1.54) is 12.1 Å². The number of ether oxygens (including phenoxy) is 1. The monoisotopic (exact) mass is 279 g/mol. The van der Waals surface area contributed by atoms with Gasteiger partial charge in [-0.15, -0.1) is 0 Å². The van der Waals surface area contributed by atoms with Gasteiger partial charge in [0.25, 0.3) is 0 Å². The highest BCUT2D eigenvalue weighted by Crippen LogP contribution is 2.16. The maximum Gasteiger partial charge on any atom is 0.340 e. The third-order valence-electron chi connectivity index (χ3n) is 2.52. The smallest absolute Gasteiger partial charge is 0.340 e. The highest BCUT2D eigenvalue weighted by Gasteiger charge is 2.12. The predicted octanol–water partition coefficient (Wildman–Crippen LogP) is 3.42. The van der Waals surface area contributed by atoms with Crippen molar-refractivity contribution in [3.05, 3.63) is 64.4 Å². The number of carbonyl (C=O) groups is 1. The summed E-state index contributed by atoms with van der Waals surface area (Å²) in [4.78, 5) is 11.8. The van der Waals surface area contributed by atoms with Crippen molar-refractivity contribution >= 4 is 23.3 Å². The zero-order chi connectivity index (χ0) is 13.8. The molecule has 98 valence electrons. The van der Waals surface area contributed by atoms with Crippen molar-refractivity contribution < 1.29 is 13.9 Å². The number of benzene rings is 2. The van der Waals surface area contributed by atoms with E-state index >= 15 is 0 Å². The second-order valence-electron chi connectivity index (χ2n) is 3.93. The number of hydrogen-bond acceptors (Lipinski definition) is 3.